The predicted octanol–water partition coefficient (Wildman–Crippen LogP) is 4.30. The molecule has 0 radical (unpaired) electrons. The van der Waals surface area contributed by atoms with Gasteiger partial charge in [-0.2, -0.15) is 0 Å². The largest absolute Gasteiger partial charge is 0.457 e. The van der Waals surface area contributed by atoms with Crippen LogP contribution in [0.5, 0.6) is 11.5 Å². The van der Waals surface area contributed by atoms with Crippen molar-refractivity contribution in [3.63, 3.8) is 0 Å². The fourth-order valence-corrected chi connectivity index (χ4v) is 1.67. The molecule has 2 heteroatoms. The van der Waals surface area contributed by atoms with Gasteiger partial charge in [-0.15, -0.1) is 0 Å². The van der Waals surface area contributed by atoms with Crippen molar-refractivity contribution in [3.05, 3.63) is 59.2 Å². The van der Waals surface area contributed by atoms with Gasteiger partial charge in [0.15, 0.2) is 5.78 Å². The SMILES string of the molecule is CC(=O)c1ccc(Oc2ccc(C)c(C)c2)cc1. The molecule has 0 aromatic heterocycles. The highest BCUT2D eigenvalue weighted by Crippen LogP contribution is 2.23. The first-order chi connectivity index (χ1) is 8.56. The van der Waals surface area contributed by atoms with E-state index in [9.17, 15) is 4.79 Å². The van der Waals surface area contributed by atoms with Crippen LogP contribution in [-0.4, -0.2) is 5.78 Å². The van der Waals surface area contributed by atoms with Gasteiger partial charge in [0.1, 0.15) is 11.5 Å². The van der Waals surface area contributed by atoms with E-state index in [1.165, 1.54) is 11.1 Å². The number of rotatable bonds is 3. The zero-order valence-corrected chi connectivity index (χ0v) is 10.9. The lowest BCUT2D eigenvalue weighted by Crippen LogP contribution is -1.92. The summed E-state index contributed by atoms with van der Waals surface area (Å²) in [5, 5.41) is 0. The third-order valence-electron chi connectivity index (χ3n) is 2.97. The van der Waals surface area contributed by atoms with Crippen LogP contribution in [0.3, 0.4) is 0 Å². The molecule has 0 N–H and O–H groups in total. The second-order valence-electron chi connectivity index (χ2n) is 4.43. The molecule has 0 saturated heterocycles. The third-order valence-corrected chi connectivity index (χ3v) is 2.97. The van der Waals surface area contributed by atoms with Crippen LogP contribution in [0, 0.1) is 13.8 Å². The minimum absolute atomic E-state index is 0.0627. The topological polar surface area (TPSA) is 26.3 Å². The van der Waals surface area contributed by atoms with Crippen molar-refractivity contribution in [1.29, 1.82) is 0 Å². The van der Waals surface area contributed by atoms with Crippen molar-refractivity contribution in [2.45, 2.75) is 20.8 Å². The van der Waals surface area contributed by atoms with Gasteiger partial charge in [-0.1, -0.05) is 6.07 Å². The molecule has 18 heavy (non-hydrogen) atoms. The highest BCUT2D eigenvalue weighted by atomic mass is 16.5. The molecule has 0 aliphatic heterocycles. The molecule has 0 unspecified atom stereocenters. The van der Waals surface area contributed by atoms with E-state index < -0.39 is 0 Å². The van der Waals surface area contributed by atoms with Gasteiger partial charge >= 0.3 is 0 Å². The zero-order valence-electron chi connectivity index (χ0n) is 10.9. The Morgan fingerprint density at radius 3 is 2.06 bits per heavy atom. The Balaban J connectivity index is 2.18. The Bertz CT molecular complexity index is 568. The molecule has 0 saturated carbocycles. The fraction of sp³-hybridized carbons (Fsp3) is 0.188. The molecule has 92 valence electrons. The molecular formula is C16H16O2. The lowest BCUT2D eigenvalue weighted by molar-refractivity contribution is 0.101. The molecule has 0 aliphatic carbocycles. The van der Waals surface area contributed by atoms with Gasteiger partial charge in [0, 0.05) is 5.56 Å². The number of carbonyl (C=O) groups is 1. The molecule has 2 aromatic rings. The summed E-state index contributed by atoms with van der Waals surface area (Å²) in [6.07, 6.45) is 0. The van der Waals surface area contributed by atoms with Gasteiger partial charge in [0.05, 0.1) is 0 Å². The Labute approximate surface area is 107 Å². The van der Waals surface area contributed by atoms with Crippen LogP contribution >= 0.6 is 0 Å². The molecular weight excluding hydrogens is 224 g/mol. The molecule has 0 amide bonds. The number of benzene rings is 2. The predicted molar refractivity (Wildman–Crippen MR) is 72.4 cm³/mol. The molecule has 0 heterocycles. The summed E-state index contributed by atoms with van der Waals surface area (Å²) >= 11 is 0. The Hall–Kier alpha value is -2.09. The number of hydrogen-bond donors (Lipinski definition) is 0. The summed E-state index contributed by atoms with van der Waals surface area (Å²) in [6, 6.07) is 13.2. The van der Waals surface area contributed by atoms with Gasteiger partial charge in [-0.05, 0) is 68.3 Å². The summed E-state index contributed by atoms with van der Waals surface area (Å²) in [5.74, 6) is 1.62. The summed E-state index contributed by atoms with van der Waals surface area (Å²) in [5.41, 5.74) is 3.14. The fourth-order valence-electron chi connectivity index (χ4n) is 1.67. The lowest BCUT2D eigenvalue weighted by Gasteiger charge is -2.08. The van der Waals surface area contributed by atoms with Crippen molar-refractivity contribution >= 4 is 5.78 Å². The summed E-state index contributed by atoms with van der Waals surface area (Å²) in [6.45, 7) is 5.68. The number of ether oxygens (including phenoxy) is 1. The van der Waals surface area contributed by atoms with Crippen molar-refractivity contribution in [2.75, 3.05) is 0 Å². The maximum Gasteiger partial charge on any atom is 0.159 e. The van der Waals surface area contributed by atoms with Gasteiger partial charge < -0.3 is 4.74 Å². The highest BCUT2D eigenvalue weighted by molar-refractivity contribution is 5.94. The van der Waals surface area contributed by atoms with E-state index in [1.54, 1.807) is 19.1 Å². The first kappa shape index (κ1) is 12.4. The zero-order chi connectivity index (χ0) is 13.1. The van der Waals surface area contributed by atoms with Crippen LogP contribution < -0.4 is 4.74 Å². The third kappa shape index (κ3) is 2.77. The first-order valence-electron chi connectivity index (χ1n) is 5.92. The monoisotopic (exact) mass is 240 g/mol. The normalized spacial score (nSPS) is 10.2. The summed E-state index contributed by atoms with van der Waals surface area (Å²) in [7, 11) is 0. The van der Waals surface area contributed by atoms with E-state index in [2.05, 4.69) is 13.8 Å². The van der Waals surface area contributed by atoms with Crippen molar-refractivity contribution < 1.29 is 9.53 Å². The molecule has 2 aromatic carbocycles. The summed E-state index contributed by atoms with van der Waals surface area (Å²) < 4.78 is 5.74. The number of hydrogen-bond acceptors (Lipinski definition) is 2. The minimum Gasteiger partial charge on any atom is -0.457 e. The van der Waals surface area contributed by atoms with Crippen LogP contribution in [0.25, 0.3) is 0 Å². The number of Topliss-reactive ketones (excluding diaryl/α,β-unsaturated/α-hetero) is 1. The maximum absolute atomic E-state index is 11.2. The van der Waals surface area contributed by atoms with Crippen molar-refractivity contribution in [3.8, 4) is 11.5 Å². The number of carbonyl (C=O) groups excluding carboxylic acids is 1. The van der Waals surface area contributed by atoms with E-state index in [4.69, 9.17) is 4.74 Å². The van der Waals surface area contributed by atoms with Crippen molar-refractivity contribution in [2.24, 2.45) is 0 Å². The number of aryl methyl sites for hydroxylation is 2. The second-order valence-corrected chi connectivity index (χ2v) is 4.43. The van der Waals surface area contributed by atoms with Gasteiger partial charge in [-0.25, -0.2) is 0 Å². The first-order valence-corrected chi connectivity index (χ1v) is 5.92. The minimum atomic E-state index is 0.0627. The Morgan fingerprint density at radius 2 is 1.50 bits per heavy atom. The summed E-state index contributed by atoms with van der Waals surface area (Å²) in [4.78, 5) is 11.2. The van der Waals surface area contributed by atoms with Gasteiger partial charge in [0.25, 0.3) is 0 Å². The van der Waals surface area contributed by atoms with E-state index in [1.807, 2.05) is 30.3 Å². The Morgan fingerprint density at radius 1 is 0.889 bits per heavy atom. The van der Waals surface area contributed by atoms with Crippen LogP contribution in [-0.2, 0) is 0 Å². The van der Waals surface area contributed by atoms with Crippen molar-refractivity contribution in [1.82, 2.24) is 0 Å². The molecule has 2 nitrogen and oxygen atoms in total. The van der Waals surface area contributed by atoms with Gasteiger partial charge in [-0.3, -0.25) is 4.79 Å². The standard InChI is InChI=1S/C16H16O2/c1-11-4-7-16(10-12(11)2)18-15-8-5-14(6-9-15)13(3)17/h4-10H,1-3H3. The Kier molecular flexibility index (Phi) is 3.47. The maximum atomic E-state index is 11.2. The van der Waals surface area contributed by atoms with Crippen LogP contribution in [0.2, 0.25) is 0 Å². The quantitative estimate of drug-likeness (QED) is 0.748. The van der Waals surface area contributed by atoms with Crippen LogP contribution in [0.4, 0.5) is 0 Å². The smallest absolute Gasteiger partial charge is 0.159 e. The molecule has 0 bridgehead atoms. The van der Waals surface area contributed by atoms with E-state index in [-0.39, 0.29) is 5.78 Å². The molecule has 0 atom stereocenters. The molecule has 2 rings (SSSR count). The van der Waals surface area contributed by atoms with Gasteiger partial charge in [0.2, 0.25) is 0 Å². The highest BCUT2D eigenvalue weighted by Gasteiger charge is 2.02. The van der Waals surface area contributed by atoms with Crippen LogP contribution in [0.15, 0.2) is 42.5 Å². The molecule has 0 aliphatic rings. The lowest BCUT2D eigenvalue weighted by atomic mass is 10.1. The molecule has 0 fully saturated rings. The van der Waals surface area contributed by atoms with Crippen LogP contribution in [0.1, 0.15) is 28.4 Å². The number of ketones is 1. The second kappa shape index (κ2) is 5.05. The average molecular weight is 240 g/mol. The molecule has 0 spiro atoms. The van der Waals surface area contributed by atoms with E-state index >= 15 is 0 Å². The van der Waals surface area contributed by atoms with E-state index in [0.717, 1.165) is 11.5 Å². The van der Waals surface area contributed by atoms with E-state index in [0.29, 0.717) is 5.56 Å². The average Bonchev–Trinajstić information content (AvgIpc) is 2.34.